The highest BCUT2D eigenvalue weighted by atomic mass is 32.2. The monoisotopic (exact) mass is 384 g/mol. The largest absolute Gasteiger partial charge is 0.335 e. The summed E-state index contributed by atoms with van der Waals surface area (Å²) in [5.41, 5.74) is 2.34. The molecule has 142 valence electrons. The minimum absolute atomic E-state index is 0.0818. The summed E-state index contributed by atoms with van der Waals surface area (Å²) in [5, 5.41) is 0. The third-order valence-electron chi connectivity index (χ3n) is 4.65. The maximum Gasteiger partial charge on any atom is 0.254 e. The van der Waals surface area contributed by atoms with Crippen LogP contribution in [-0.2, 0) is 16.4 Å². The van der Waals surface area contributed by atoms with E-state index in [-0.39, 0.29) is 11.7 Å². The quantitative estimate of drug-likeness (QED) is 0.689. The second-order valence-electron chi connectivity index (χ2n) is 6.56. The van der Waals surface area contributed by atoms with Gasteiger partial charge in [0, 0.05) is 25.2 Å². The summed E-state index contributed by atoms with van der Waals surface area (Å²) < 4.78 is 25.5. The van der Waals surface area contributed by atoms with E-state index in [1.165, 1.54) is 9.87 Å². The molecule has 2 aromatic carbocycles. The predicted molar refractivity (Wildman–Crippen MR) is 108 cm³/mol. The van der Waals surface area contributed by atoms with Gasteiger partial charge in [-0.15, -0.1) is 6.58 Å². The van der Waals surface area contributed by atoms with Crippen LogP contribution in [0.5, 0.6) is 0 Å². The van der Waals surface area contributed by atoms with Crippen molar-refractivity contribution in [2.45, 2.75) is 12.8 Å². The summed E-state index contributed by atoms with van der Waals surface area (Å²) in [6.45, 7) is 5.30. The molecule has 3 rings (SSSR count). The number of benzene rings is 2. The van der Waals surface area contributed by atoms with Crippen LogP contribution in [-0.4, -0.2) is 44.6 Å². The Labute approximate surface area is 161 Å². The summed E-state index contributed by atoms with van der Waals surface area (Å²) in [7, 11) is -3.21. The zero-order chi connectivity index (χ0) is 19.3. The summed E-state index contributed by atoms with van der Waals surface area (Å²) >= 11 is 0. The summed E-state index contributed by atoms with van der Waals surface area (Å²) in [6, 6.07) is 16.8. The van der Waals surface area contributed by atoms with E-state index in [2.05, 4.69) is 6.58 Å². The number of rotatable bonds is 7. The lowest BCUT2D eigenvalue weighted by molar-refractivity contribution is 0.0775. The number of nitrogens with zero attached hydrogens (tertiary/aromatic N) is 2. The van der Waals surface area contributed by atoms with Crippen LogP contribution in [0.3, 0.4) is 0 Å². The van der Waals surface area contributed by atoms with Crippen molar-refractivity contribution < 1.29 is 13.2 Å². The lowest BCUT2D eigenvalue weighted by Gasteiger charge is -2.22. The van der Waals surface area contributed by atoms with Gasteiger partial charge in [0.15, 0.2) is 0 Å². The van der Waals surface area contributed by atoms with Crippen molar-refractivity contribution in [3.8, 4) is 0 Å². The van der Waals surface area contributed by atoms with Crippen molar-refractivity contribution in [2.24, 2.45) is 0 Å². The lowest BCUT2D eigenvalue weighted by Crippen LogP contribution is -2.33. The fourth-order valence-corrected chi connectivity index (χ4v) is 4.79. The molecule has 1 aliphatic heterocycles. The number of carbonyl (C=O) groups excluding carboxylic acids is 1. The first-order valence-electron chi connectivity index (χ1n) is 9.06. The normalized spacial score (nSPS) is 15.5. The zero-order valence-electron chi connectivity index (χ0n) is 15.3. The van der Waals surface area contributed by atoms with Crippen LogP contribution in [0.2, 0.25) is 0 Å². The van der Waals surface area contributed by atoms with Crippen molar-refractivity contribution in [3.05, 3.63) is 78.4 Å². The SMILES string of the molecule is C=CCN(CCc1ccccc1)C(=O)c1ccc(N2CCCS2(=O)=O)cc1. The minimum Gasteiger partial charge on any atom is -0.335 e. The molecule has 0 radical (unpaired) electrons. The molecule has 6 heteroatoms. The molecule has 27 heavy (non-hydrogen) atoms. The molecule has 2 aromatic rings. The van der Waals surface area contributed by atoms with E-state index in [0.717, 1.165) is 6.42 Å². The molecule has 0 spiro atoms. The summed E-state index contributed by atoms with van der Waals surface area (Å²) in [4.78, 5) is 14.6. The third kappa shape index (κ3) is 4.57. The Morgan fingerprint density at radius 3 is 2.41 bits per heavy atom. The minimum atomic E-state index is -3.21. The van der Waals surface area contributed by atoms with E-state index in [1.807, 2.05) is 30.3 Å². The summed E-state index contributed by atoms with van der Waals surface area (Å²) in [5.74, 6) is 0.0990. The van der Waals surface area contributed by atoms with Crippen LogP contribution in [0.1, 0.15) is 22.3 Å². The van der Waals surface area contributed by atoms with E-state index >= 15 is 0 Å². The first kappa shape index (κ1) is 19.2. The number of sulfonamides is 1. The van der Waals surface area contributed by atoms with Gasteiger partial charge < -0.3 is 4.90 Å². The molecule has 0 aromatic heterocycles. The van der Waals surface area contributed by atoms with Crippen molar-refractivity contribution in [1.29, 1.82) is 0 Å². The maximum absolute atomic E-state index is 12.9. The topological polar surface area (TPSA) is 57.7 Å². The van der Waals surface area contributed by atoms with Crippen molar-refractivity contribution >= 4 is 21.6 Å². The average Bonchev–Trinajstić information content (AvgIpc) is 3.04. The lowest BCUT2D eigenvalue weighted by atomic mass is 10.1. The molecule has 5 nitrogen and oxygen atoms in total. The standard InChI is InChI=1S/C21H24N2O3S/c1-2-14-22(16-13-18-7-4-3-5-8-18)21(24)19-9-11-20(12-10-19)23-15-6-17-27(23,25)26/h2-5,7-12H,1,6,13-17H2. The van der Waals surface area contributed by atoms with E-state index in [4.69, 9.17) is 0 Å². The Hall–Kier alpha value is -2.60. The van der Waals surface area contributed by atoms with Crippen LogP contribution in [0.25, 0.3) is 0 Å². The Kier molecular flexibility index (Phi) is 5.96. The molecular weight excluding hydrogens is 360 g/mol. The molecule has 0 unspecified atom stereocenters. The van der Waals surface area contributed by atoms with Crippen LogP contribution >= 0.6 is 0 Å². The fourth-order valence-electron chi connectivity index (χ4n) is 3.22. The van der Waals surface area contributed by atoms with Crippen molar-refractivity contribution in [2.75, 3.05) is 29.7 Å². The molecule has 1 heterocycles. The Morgan fingerprint density at radius 2 is 1.81 bits per heavy atom. The van der Waals surface area contributed by atoms with Gasteiger partial charge in [-0.3, -0.25) is 9.10 Å². The molecule has 1 amide bonds. The fraction of sp³-hybridized carbons (Fsp3) is 0.286. The van der Waals surface area contributed by atoms with Gasteiger partial charge in [0.25, 0.3) is 5.91 Å². The van der Waals surface area contributed by atoms with Gasteiger partial charge in [0.1, 0.15) is 0 Å². The first-order valence-corrected chi connectivity index (χ1v) is 10.7. The maximum atomic E-state index is 12.9. The third-order valence-corrected chi connectivity index (χ3v) is 6.52. The number of hydrogen-bond donors (Lipinski definition) is 0. The highest BCUT2D eigenvalue weighted by molar-refractivity contribution is 7.93. The second-order valence-corrected chi connectivity index (χ2v) is 8.58. The molecule has 1 fully saturated rings. The van der Waals surface area contributed by atoms with Crippen LogP contribution in [0, 0.1) is 0 Å². The molecule has 1 saturated heterocycles. The highest BCUT2D eigenvalue weighted by Gasteiger charge is 2.28. The van der Waals surface area contributed by atoms with E-state index in [0.29, 0.717) is 37.3 Å². The van der Waals surface area contributed by atoms with E-state index in [9.17, 15) is 13.2 Å². The molecule has 1 aliphatic rings. The van der Waals surface area contributed by atoms with Gasteiger partial charge in [-0.05, 0) is 42.7 Å². The molecule has 0 saturated carbocycles. The number of carbonyl (C=O) groups is 1. The van der Waals surface area contributed by atoms with Crippen LogP contribution in [0.4, 0.5) is 5.69 Å². The van der Waals surface area contributed by atoms with Crippen molar-refractivity contribution in [3.63, 3.8) is 0 Å². The van der Waals surface area contributed by atoms with Gasteiger partial charge in [0.2, 0.25) is 10.0 Å². The molecular formula is C21H24N2O3S. The second kappa shape index (κ2) is 8.39. The van der Waals surface area contributed by atoms with Gasteiger partial charge in [0.05, 0.1) is 11.4 Å². The molecule has 0 bridgehead atoms. The van der Waals surface area contributed by atoms with Crippen LogP contribution < -0.4 is 4.31 Å². The summed E-state index contributed by atoms with van der Waals surface area (Å²) in [6.07, 6.45) is 3.12. The van der Waals surface area contributed by atoms with E-state index < -0.39 is 10.0 Å². The van der Waals surface area contributed by atoms with Gasteiger partial charge in [-0.1, -0.05) is 36.4 Å². The average molecular weight is 385 g/mol. The van der Waals surface area contributed by atoms with Crippen molar-refractivity contribution in [1.82, 2.24) is 4.90 Å². The predicted octanol–water partition coefficient (Wildman–Crippen LogP) is 3.10. The van der Waals surface area contributed by atoms with Gasteiger partial charge >= 0.3 is 0 Å². The molecule has 0 N–H and O–H groups in total. The van der Waals surface area contributed by atoms with Crippen LogP contribution in [0.15, 0.2) is 67.3 Å². The first-order chi connectivity index (χ1) is 13.0. The van der Waals surface area contributed by atoms with E-state index in [1.54, 1.807) is 35.2 Å². The molecule has 0 aliphatic carbocycles. The smallest absolute Gasteiger partial charge is 0.254 e. The zero-order valence-corrected chi connectivity index (χ0v) is 16.1. The Morgan fingerprint density at radius 1 is 1.11 bits per heavy atom. The van der Waals surface area contributed by atoms with Gasteiger partial charge in [-0.2, -0.15) is 0 Å². The Balaban J connectivity index is 1.71. The number of hydrogen-bond acceptors (Lipinski definition) is 3. The number of amides is 1. The Bertz CT molecular complexity index is 893. The van der Waals surface area contributed by atoms with Gasteiger partial charge in [-0.25, -0.2) is 8.42 Å². The molecule has 0 atom stereocenters. The number of anilines is 1. The highest BCUT2D eigenvalue weighted by Crippen LogP contribution is 2.24.